The van der Waals surface area contributed by atoms with E-state index in [-0.39, 0.29) is 12.0 Å². The molecule has 0 spiro atoms. The first kappa shape index (κ1) is 15.8. The average molecular weight is 291 g/mol. The van der Waals surface area contributed by atoms with Gasteiger partial charge in [0.2, 0.25) is 0 Å². The number of hydrogen-bond acceptors (Lipinski definition) is 4. The highest BCUT2D eigenvalue weighted by Gasteiger charge is 2.26. The number of carbonyl (C=O) groups excluding carboxylic acids is 1. The molecule has 1 heterocycles. The molecule has 0 saturated carbocycles. The number of nitrogens with one attached hydrogen (secondary N) is 1. The number of likely N-dealkylation sites (N-methyl/N-ethyl adjacent to an activating group) is 1. The lowest BCUT2D eigenvalue weighted by molar-refractivity contribution is -0.145. The van der Waals surface area contributed by atoms with E-state index in [0.717, 1.165) is 17.8 Å². The van der Waals surface area contributed by atoms with Crippen LogP contribution in [0.15, 0.2) is 24.3 Å². The first-order valence-corrected chi connectivity index (χ1v) is 7.49. The molecule has 0 aliphatic carbocycles. The van der Waals surface area contributed by atoms with Crippen LogP contribution >= 0.6 is 0 Å². The van der Waals surface area contributed by atoms with Gasteiger partial charge in [-0.3, -0.25) is 4.79 Å². The number of anilines is 1. The molecule has 1 fully saturated rings. The van der Waals surface area contributed by atoms with Crippen molar-refractivity contribution in [3.63, 3.8) is 0 Å². The number of ether oxygens (including phenoxy) is 1. The Kier molecular flexibility index (Phi) is 5.59. The molecule has 2 rings (SSSR count). The maximum absolute atomic E-state index is 12.5. The van der Waals surface area contributed by atoms with Crippen LogP contribution in [0.5, 0.6) is 0 Å². The van der Waals surface area contributed by atoms with Gasteiger partial charge in [-0.25, -0.2) is 0 Å². The lowest BCUT2D eigenvalue weighted by Gasteiger charge is -2.29. The Morgan fingerprint density at radius 1 is 1.33 bits per heavy atom. The molecule has 0 bridgehead atoms. The molecule has 1 aromatic carbocycles. The van der Waals surface area contributed by atoms with Gasteiger partial charge in [-0.2, -0.15) is 0 Å². The van der Waals surface area contributed by atoms with Gasteiger partial charge >= 0.3 is 0 Å². The largest absolute Gasteiger partial charge is 0.378 e. The van der Waals surface area contributed by atoms with Gasteiger partial charge in [0.1, 0.15) is 6.10 Å². The lowest BCUT2D eigenvalue weighted by Crippen LogP contribution is -2.49. The smallest absolute Gasteiger partial charge is 0.253 e. The predicted octanol–water partition coefficient (Wildman–Crippen LogP) is 1.09. The van der Waals surface area contributed by atoms with E-state index < -0.39 is 0 Å². The van der Waals surface area contributed by atoms with E-state index in [1.807, 2.05) is 25.9 Å². The highest BCUT2D eigenvalue weighted by molar-refractivity contribution is 5.81. The molecule has 1 N–H and O–H groups in total. The number of nitrogens with zero attached hydrogens (tertiary/aromatic N) is 2. The van der Waals surface area contributed by atoms with Gasteiger partial charge < -0.3 is 19.9 Å². The Morgan fingerprint density at radius 3 is 2.57 bits per heavy atom. The van der Waals surface area contributed by atoms with Gasteiger partial charge in [0.15, 0.2) is 0 Å². The van der Waals surface area contributed by atoms with Crippen molar-refractivity contribution in [3.8, 4) is 0 Å². The van der Waals surface area contributed by atoms with E-state index in [1.165, 1.54) is 0 Å². The molecule has 0 aromatic heterocycles. The van der Waals surface area contributed by atoms with Crippen LogP contribution in [0, 0.1) is 0 Å². The van der Waals surface area contributed by atoms with Crippen molar-refractivity contribution in [1.82, 2.24) is 10.2 Å². The van der Waals surface area contributed by atoms with Gasteiger partial charge in [-0.1, -0.05) is 12.1 Å². The lowest BCUT2D eigenvalue weighted by atomic mass is 10.1. The molecule has 1 unspecified atom stereocenters. The van der Waals surface area contributed by atoms with Crippen molar-refractivity contribution in [1.29, 1.82) is 0 Å². The molecule has 1 aromatic rings. The Balaban J connectivity index is 1.99. The maximum atomic E-state index is 12.5. The van der Waals surface area contributed by atoms with Crippen LogP contribution in [-0.2, 0) is 16.1 Å². The van der Waals surface area contributed by atoms with Crippen molar-refractivity contribution in [2.75, 3.05) is 45.2 Å². The second-order valence-electron chi connectivity index (χ2n) is 5.48. The zero-order valence-electron chi connectivity index (χ0n) is 13.1. The average Bonchev–Trinajstić information content (AvgIpc) is 2.53. The van der Waals surface area contributed by atoms with Crippen molar-refractivity contribution >= 4 is 11.6 Å². The Morgan fingerprint density at radius 2 is 2.05 bits per heavy atom. The summed E-state index contributed by atoms with van der Waals surface area (Å²) in [5.74, 6) is 0.0707. The molecule has 5 nitrogen and oxygen atoms in total. The summed E-state index contributed by atoms with van der Waals surface area (Å²) in [5, 5.41) is 3.20. The molecular weight excluding hydrogens is 266 g/mol. The highest BCUT2D eigenvalue weighted by atomic mass is 16.5. The van der Waals surface area contributed by atoms with Crippen LogP contribution in [0.2, 0.25) is 0 Å². The van der Waals surface area contributed by atoms with Gasteiger partial charge in [0, 0.05) is 46.0 Å². The number of amides is 1. The van der Waals surface area contributed by atoms with Crippen molar-refractivity contribution in [2.45, 2.75) is 19.6 Å². The molecule has 0 radical (unpaired) electrons. The topological polar surface area (TPSA) is 44.8 Å². The monoisotopic (exact) mass is 291 g/mol. The standard InChI is InChI=1S/C16H25N3O2/c1-4-19(16(20)15-11-17-9-10-21-15)12-13-5-7-14(8-6-13)18(2)3/h5-8,15,17H,4,9-12H2,1-3H3. The van der Waals surface area contributed by atoms with E-state index in [2.05, 4.69) is 34.5 Å². The van der Waals surface area contributed by atoms with E-state index in [0.29, 0.717) is 26.2 Å². The van der Waals surface area contributed by atoms with Gasteiger partial charge in [-0.15, -0.1) is 0 Å². The molecule has 1 saturated heterocycles. The zero-order valence-corrected chi connectivity index (χ0v) is 13.1. The Labute approximate surface area is 126 Å². The zero-order chi connectivity index (χ0) is 15.2. The summed E-state index contributed by atoms with van der Waals surface area (Å²) < 4.78 is 5.55. The Bertz CT molecular complexity index is 453. The van der Waals surface area contributed by atoms with Crippen LogP contribution in [0.1, 0.15) is 12.5 Å². The molecular formula is C16H25N3O2. The second-order valence-corrected chi connectivity index (χ2v) is 5.48. The van der Waals surface area contributed by atoms with Crippen LogP contribution in [-0.4, -0.2) is 57.2 Å². The quantitative estimate of drug-likeness (QED) is 0.882. The first-order valence-electron chi connectivity index (χ1n) is 7.49. The van der Waals surface area contributed by atoms with Gasteiger partial charge in [0.25, 0.3) is 5.91 Å². The fourth-order valence-corrected chi connectivity index (χ4v) is 2.39. The van der Waals surface area contributed by atoms with Crippen LogP contribution in [0.3, 0.4) is 0 Å². The minimum absolute atomic E-state index is 0.0707. The minimum Gasteiger partial charge on any atom is -0.378 e. The minimum atomic E-state index is -0.347. The molecule has 1 aliphatic rings. The summed E-state index contributed by atoms with van der Waals surface area (Å²) in [7, 11) is 4.04. The molecule has 1 atom stereocenters. The third kappa shape index (κ3) is 4.19. The summed E-state index contributed by atoms with van der Waals surface area (Å²) >= 11 is 0. The summed E-state index contributed by atoms with van der Waals surface area (Å²) in [6, 6.07) is 8.30. The maximum Gasteiger partial charge on any atom is 0.253 e. The number of benzene rings is 1. The van der Waals surface area contributed by atoms with Crippen LogP contribution in [0.4, 0.5) is 5.69 Å². The van der Waals surface area contributed by atoms with Crippen molar-refractivity contribution in [3.05, 3.63) is 29.8 Å². The summed E-state index contributed by atoms with van der Waals surface area (Å²) in [5.41, 5.74) is 2.30. The normalized spacial score (nSPS) is 18.3. The predicted molar refractivity (Wildman–Crippen MR) is 84.5 cm³/mol. The molecule has 1 amide bonds. The third-order valence-electron chi connectivity index (χ3n) is 3.72. The third-order valence-corrected chi connectivity index (χ3v) is 3.72. The van der Waals surface area contributed by atoms with Crippen LogP contribution < -0.4 is 10.2 Å². The van der Waals surface area contributed by atoms with Gasteiger partial charge in [-0.05, 0) is 24.6 Å². The highest BCUT2D eigenvalue weighted by Crippen LogP contribution is 2.14. The number of rotatable bonds is 5. The van der Waals surface area contributed by atoms with E-state index in [4.69, 9.17) is 4.74 Å². The van der Waals surface area contributed by atoms with E-state index in [9.17, 15) is 4.79 Å². The van der Waals surface area contributed by atoms with E-state index >= 15 is 0 Å². The molecule has 116 valence electrons. The van der Waals surface area contributed by atoms with E-state index in [1.54, 1.807) is 0 Å². The van der Waals surface area contributed by atoms with Crippen LogP contribution in [0.25, 0.3) is 0 Å². The summed E-state index contributed by atoms with van der Waals surface area (Å²) in [6.45, 7) is 5.35. The molecule has 5 heteroatoms. The summed E-state index contributed by atoms with van der Waals surface area (Å²) in [4.78, 5) is 16.4. The second kappa shape index (κ2) is 7.43. The van der Waals surface area contributed by atoms with Gasteiger partial charge in [0.05, 0.1) is 6.61 Å². The van der Waals surface area contributed by atoms with Crippen molar-refractivity contribution in [2.24, 2.45) is 0 Å². The number of carbonyl (C=O) groups is 1. The molecule has 1 aliphatic heterocycles. The number of hydrogen-bond donors (Lipinski definition) is 1. The first-order chi connectivity index (χ1) is 10.1. The molecule has 21 heavy (non-hydrogen) atoms. The SMILES string of the molecule is CCN(Cc1ccc(N(C)C)cc1)C(=O)C1CNCCO1. The fraction of sp³-hybridized carbons (Fsp3) is 0.562. The summed E-state index contributed by atoms with van der Waals surface area (Å²) in [6.07, 6.45) is -0.347. The fourth-order valence-electron chi connectivity index (χ4n) is 2.39. The number of morpholine rings is 1. The Hall–Kier alpha value is -1.59. The van der Waals surface area contributed by atoms with Crippen molar-refractivity contribution < 1.29 is 9.53 Å².